The molecule has 0 saturated carbocycles. The molecule has 0 aromatic heterocycles. The van der Waals surface area contributed by atoms with Crippen LogP contribution in [0, 0.1) is 0 Å². The van der Waals surface area contributed by atoms with Gasteiger partial charge >= 0.3 is 0 Å². The van der Waals surface area contributed by atoms with Crippen LogP contribution in [-0.2, 0) is 4.74 Å². The minimum atomic E-state index is 0.700. The zero-order chi connectivity index (χ0) is 5.11. The summed E-state index contributed by atoms with van der Waals surface area (Å²) in [5.41, 5.74) is 6.38. The molecule has 0 amide bonds. The van der Waals surface area contributed by atoms with E-state index in [0.29, 0.717) is 6.61 Å². The summed E-state index contributed by atoms with van der Waals surface area (Å²) in [6.07, 6.45) is 2.81. The summed E-state index contributed by atoms with van der Waals surface area (Å²) < 4.78 is 4.98. The van der Waals surface area contributed by atoms with Gasteiger partial charge in [-0.25, -0.2) is 0 Å². The first kappa shape index (κ1) is 4.65. The van der Waals surface area contributed by atoms with Crippen LogP contribution in [-0.4, -0.2) is 13.2 Å². The lowest BCUT2D eigenvalue weighted by atomic mass is 10.3. The highest BCUT2D eigenvalue weighted by Gasteiger charge is 1.95. The van der Waals surface area contributed by atoms with Gasteiger partial charge in [0.05, 0.1) is 13.2 Å². The average Bonchev–Trinajstić information content (AvgIpc) is 1.69. The zero-order valence-electron chi connectivity index (χ0n) is 4.18. The molecule has 0 unspecified atom stereocenters. The largest absolute Gasteiger partial charge is 0.402 e. The molecule has 1 rings (SSSR count). The summed E-state index contributed by atoms with van der Waals surface area (Å²) in [4.78, 5) is 0. The number of ether oxygens (including phenoxy) is 1. The molecule has 2 N–H and O–H groups in total. The van der Waals surface area contributed by atoms with E-state index >= 15 is 0 Å². The van der Waals surface area contributed by atoms with Crippen molar-refractivity contribution < 1.29 is 4.74 Å². The van der Waals surface area contributed by atoms with Crippen LogP contribution in [0.5, 0.6) is 0 Å². The Morgan fingerprint density at radius 2 is 2.57 bits per heavy atom. The van der Waals surface area contributed by atoms with Gasteiger partial charge in [0.25, 0.3) is 0 Å². The standard InChI is InChI=1S/C5H9NO/c6-5-1-3-7-4-2-5/h1H,2-4,6H2. The molecule has 0 bridgehead atoms. The van der Waals surface area contributed by atoms with Gasteiger partial charge in [0.15, 0.2) is 0 Å². The molecule has 2 heteroatoms. The predicted octanol–water partition coefficient (Wildman–Crippen LogP) is 0.249. The van der Waals surface area contributed by atoms with E-state index in [-0.39, 0.29) is 0 Å². The first-order chi connectivity index (χ1) is 3.39. The van der Waals surface area contributed by atoms with E-state index in [9.17, 15) is 0 Å². The SMILES string of the molecule is NC1=CCOCC1. The lowest BCUT2D eigenvalue weighted by Gasteiger charge is -2.07. The Kier molecular flexibility index (Phi) is 1.32. The Balaban J connectivity index is 2.40. The summed E-state index contributed by atoms with van der Waals surface area (Å²) in [7, 11) is 0. The second-order valence-corrected chi connectivity index (χ2v) is 1.60. The van der Waals surface area contributed by atoms with Gasteiger partial charge in [-0.2, -0.15) is 0 Å². The van der Waals surface area contributed by atoms with Gasteiger partial charge in [0, 0.05) is 12.1 Å². The Morgan fingerprint density at radius 3 is 2.86 bits per heavy atom. The fourth-order valence-electron chi connectivity index (χ4n) is 0.541. The average molecular weight is 99.1 g/mol. The Labute approximate surface area is 43.0 Å². The van der Waals surface area contributed by atoms with Crippen molar-refractivity contribution >= 4 is 0 Å². The van der Waals surface area contributed by atoms with E-state index in [1.165, 1.54) is 0 Å². The third-order valence-electron chi connectivity index (χ3n) is 0.998. The lowest BCUT2D eigenvalue weighted by molar-refractivity contribution is 0.154. The van der Waals surface area contributed by atoms with Crippen molar-refractivity contribution in [2.45, 2.75) is 6.42 Å². The van der Waals surface area contributed by atoms with Crippen LogP contribution >= 0.6 is 0 Å². The quantitative estimate of drug-likeness (QED) is 0.472. The van der Waals surface area contributed by atoms with E-state index in [0.717, 1.165) is 18.7 Å². The third-order valence-corrected chi connectivity index (χ3v) is 0.998. The molecule has 1 aliphatic rings. The molecule has 0 radical (unpaired) electrons. The van der Waals surface area contributed by atoms with Crippen molar-refractivity contribution in [3.8, 4) is 0 Å². The highest BCUT2D eigenvalue weighted by atomic mass is 16.5. The molecule has 0 saturated heterocycles. The molecule has 7 heavy (non-hydrogen) atoms. The number of hydrogen-bond donors (Lipinski definition) is 1. The van der Waals surface area contributed by atoms with E-state index in [4.69, 9.17) is 10.5 Å². The maximum absolute atomic E-state index is 5.42. The van der Waals surface area contributed by atoms with E-state index in [1.54, 1.807) is 0 Å². The van der Waals surface area contributed by atoms with Crippen molar-refractivity contribution in [1.82, 2.24) is 0 Å². The van der Waals surface area contributed by atoms with Crippen LogP contribution in [0.1, 0.15) is 6.42 Å². The van der Waals surface area contributed by atoms with Gasteiger partial charge in [-0.15, -0.1) is 0 Å². The molecule has 2 nitrogen and oxygen atoms in total. The molecule has 0 aromatic carbocycles. The minimum Gasteiger partial charge on any atom is -0.402 e. The number of hydrogen-bond acceptors (Lipinski definition) is 2. The van der Waals surface area contributed by atoms with Crippen LogP contribution in [0.4, 0.5) is 0 Å². The lowest BCUT2D eigenvalue weighted by Crippen LogP contribution is -2.09. The smallest absolute Gasteiger partial charge is 0.0667 e. The normalized spacial score (nSPS) is 21.4. The van der Waals surface area contributed by atoms with E-state index in [2.05, 4.69) is 0 Å². The van der Waals surface area contributed by atoms with Gasteiger partial charge < -0.3 is 10.5 Å². The van der Waals surface area contributed by atoms with Crippen LogP contribution in [0.3, 0.4) is 0 Å². The van der Waals surface area contributed by atoms with Gasteiger partial charge in [-0.3, -0.25) is 0 Å². The monoisotopic (exact) mass is 99.1 g/mol. The molecule has 0 aromatic rings. The predicted molar refractivity (Wildman–Crippen MR) is 27.7 cm³/mol. The second-order valence-electron chi connectivity index (χ2n) is 1.60. The van der Waals surface area contributed by atoms with E-state index < -0.39 is 0 Å². The number of rotatable bonds is 0. The topological polar surface area (TPSA) is 35.2 Å². The molecule has 40 valence electrons. The van der Waals surface area contributed by atoms with Gasteiger partial charge in [0.1, 0.15) is 0 Å². The Hall–Kier alpha value is -0.500. The van der Waals surface area contributed by atoms with Crippen LogP contribution in [0.25, 0.3) is 0 Å². The first-order valence-electron chi connectivity index (χ1n) is 2.42. The Bertz CT molecular complexity index is 88.1. The highest BCUT2D eigenvalue weighted by molar-refractivity contribution is 4.98. The fraction of sp³-hybridized carbons (Fsp3) is 0.600. The minimum absolute atomic E-state index is 0.700. The number of nitrogens with two attached hydrogens (primary N) is 1. The van der Waals surface area contributed by atoms with Crippen molar-refractivity contribution in [1.29, 1.82) is 0 Å². The van der Waals surface area contributed by atoms with Crippen LogP contribution in [0.2, 0.25) is 0 Å². The van der Waals surface area contributed by atoms with Gasteiger partial charge in [-0.1, -0.05) is 0 Å². The molecule has 1 aliphatic heterocycles. The summed E-state index contributed by atoms with van der Waals surface area (Å²) in [6, 6.07) is 0. The summed E-state index contributed by atoms with van der Waals surface area (Å²) >= 11 is 0. The highest BCUT2D eigenvalue weighted by Crippen LogP contribution is 1.98. The summed E-state index contributed by atoms with van der Waals surface area (Å²) in [6.45, 7) is 1.49. The van der Waals surface area contributed by atoms with Crippen LogP contribution in [0.15, 0.2) is 11.8 Å². The summed E-state index contributed by atoms with van der Waals surface area (Å²) in [5, 5.41) is 0. The van der Waals surface area contributed by atoms with E-state index in [1.807, 2.05) is 6.08 Å². The maximum atomic E-state index is 5.42. The molecule has 1 heterocycles. The molecule has 0 fully saturated rings. The molecule has 0 aliphatic carbocycles. The van der Waals surface area contributed by atoms with Crippen molar-refractivity contribution in [3.05, 3.63) is 11.8 Å². The van der Waals surface area contributed by atoms with Crippen molar-refractivity contribution in [3.63, 3.8) is 0 Å². The molecule has 0 spiro atoms. The third kappa shape index (κ3) is 1.20. The van der Waals surface area contributed by atoms with Crippen LogP contribution < -0.4 is 5.73 Å². The summed E-state index contributed by atoms with van der Waals surface area (Å²) in [5.74, 6) is 0. The molecule has 0 atom stereocenters. The zero-order valence-corrected chi connectivity index (χ0v) is 4.18. The maximum Gasteiger partial charge on any atom is 0.0667 e. The Morgan fingerprint density at radius 1 is 1.71 bits per heavy atom. The van der Waals surface area contributed by atoms with Crippen molar-refractivity contribution in [2.24, 2.45) is 5.73 Å². The molecular formula is C5H9NO. The van der Waals surface area contributed by atoms with Gasteiger partial charge in [-0.05, 0) is 6.08 Å². The van der Waals surface area contributed by atoms with Crippen molar-refractivity contribution in [2.75, 3.05) is 13.2 Å². The molecular weight excluding hydrogens is 90.1 g/mol. The second kappa shape index (κ2) is 1.98. The van der Waals surface area contributed by atoms with Gasteiger partial charge in [0.2, 0.25) is 0 Å². The fourth-order valence-corrected chi connectivity index (χ4v) is 0.541. The first-order valence-corrected chi connectivity index (χ1v) is 2.42.